The van der Waals surface area contributed by atoms with Crippen molar-refractivity contribution in [3.05, 3.63) is 47.3 Å². The first-order valence-electron chi connectivity index (χ1n) is 4.90. The Hall–Kier alpha value is -1.37. The van der Waals surface area contributed by atoms with Crippen LogP contribution in [0, 0.1) is 12.7 Å². The fraction of sp³-hybridized carbons (Fsp3) is 0.231. The molecule has 0 unspecified atom stereocenters. The van der Waals surface area contributed by atoms with Gasteiger partial charge in [-0.25, -0.2) is 4.39 Å². The maximum atomic E-state index is 13.7. The summed E-state index contributed by atoms with van der Waals surface area (Å²) >= 11 is 0. The van der Waals surface area contributed by atoms with Crippen molar-refractivity contribution in [3.8, 4) is 0 Å². The van der Waals surface area contributed by atoms with Crippen LogP contribution >= 0.6 is 0 Å². The van der Waals surface area contributed by atoms with Crippen LogP contribution in [0.15, 0.2) is 30.3 Å². The van der Waals surface area contributed by atoms with Crippen LogP contribution in [0.1, 0.15) is 18.1 Å². The molecule has 0 aliphatic heterocycles. The number of halogens is 1. The smallest absolute Gasteiger partial charge is 0.133 e. The molecule has 0 aromatic heterocycles. The fourth-order valence-electron chi connectivity index (χ4n) is 1.66. The Morgan fingerprint density at radius 1 is 1.14 bits per heavy atom. The van der Waals surface area contributed by atoms with Crippen LogP contribution in [0.2, 0.25) is 0 Å². The van der Waals surface area contributed by atoms with Crippen LogP contribution in [-0.2, 0) is 6.42 Å². The summed E-state index contributed by atoms with van der Waals surface area (Å²) in [5, 5.41) is 1.72. The SMILES string of the molecule is CCc1ccc2ccc(C)c(F)c2c1. The van der Waals surface area contributed by atoms with Gasteiger partial charge in [-0.1, -0.05) is 31.2 Å². The molecule has 0 heterocycles. The molecular formula is C13H13F. The fourth-order valence-corrected chi connectivity index (χ4v) is 1.66. The number of hydrogen-bond acceptors (Lipinski definition) is 0. The van der Waals surface area contributed by atoms with Crippen molar-refractivity contribution in [1.29, 1.82) is 0 Å². The van der Waals surface area contributed by atoms with E-state index in [0.717, 1.165) is 17.2 Å². The van der Waals surface area contributed by atoms with Gasteiger partial charge in [-0.2, -0.15) is 0 Å². The predicted molar refractivity (Wildman–Crippen MR) is 58.0 cm³/mol. The van der Waals surface area contributed by atoms with E-state index < -0.39 is 0 Å². The third-order valence-corrected chi connectivity index (χ3v) is 2.62. The minimum atomic E-state index is -0.0854. The Morgan fingerprint density at radius 3 is 2.57 bits per heavy atom. The van der Waals surface area contributed by atoms with E-state index in [1.807, 2.05) is 24.3 Å². The number of rotatable bonds is 1. The molecule has 0 atom stereocenters. The van der Waals surface area contributed by atoms with E-state index in [1.165, 1.54) is 5.56 Å². The number of fused-ring (bicyclic) bond motifs is 1. The van der Waals surface area contributed by atoms with Crippen LogP contribution in [0.4, 0.5) is 4.39 Å². The molecular weight excluding hydrogens is 175 g/mol. The van der Waals surface area contributed by atoms with Crippen LogP contribution in [0.25, 0.3) is 10.8 Å². The molecule has 0 saturated carbocycles. The number of hydrogen-bond donors (Lipinski definition) is 0. The van der Waals surface area contributed by atoms with Crippen molar-refractivity contribution in [1.82, 2.24) is 0 Å². The largest absolute Gasteiger partial charge is 0.206 e. The van der Waals surface area contributed by atoms with E-state index in [9.17, 15) is 4.39 Å². The maximum absolute atomic E-state index is 13.7. The van der Waals surface area contributed by atoms with Crippen molar-refractivity contribution >= 4 is 10.8 Å². The van der Waals surface area contributed by atoms with Crippen LogP contribution < -0.4 is 0 Å². The first-order chi connectivity index (χ1) is 6.72. The molecule has 2 rings (SSSR count). The molecule has 0 nitrogen and oxygen atoms in total. The number of benzene rings is 2. The molecule has 0 saturated heterocycles. The molecule has 0 amide bonds. The summed E-state index contributed by atoms with van der Waals surface area (Å²) in [5.74, 6) is -0.0854. The summed E-state index contributed by atoms with van der Waals surface area (Å²) < 4.78 is 13.7. The lowest BCUT2D eigenvalue weighted by molar-refractivity contribution is 0.630. The maximum Gasteiger partial charge on any atom is 0.133 e. The molecule has 2 aromatic carbocycles. The Bertz CT molecular complexity index is 472. The van der Waals surface area contributed by atoms with E-state index in [-0.39, 0.29) is 5.82 Å². The Balaban J connectivity index is 2.78. The van der Waals surface area contributed by atoms with Gasteiger partial charge in [0.25, 0.3) is 0 Å². The van der Waals surface area contributed by atoms with Gasteiger partial charge in [0.1, 0.15) is 5.82 Å². The minimum Gasteiger partial charge on any atom is -0.206 e. The summed E-state index contributed by atoms with van der Waals surface area (Å²) in [6, 6.07) is 9.77. The molecule has 14 heavy (non-hydrogen) atoms. The second-order valence-electron chi connectivity index (χ2n) is 3.61. The van der Waals surface area contributed by atoms with Crippen molar-refractivity contribution in [3.63, 3.8) is 0 Å². The normalized spacial score (nSPS) is 10.8. The van der Waals surface area contributed by atoms with Gasteiger partial charge in [0.15, 0.2) is 0 Å². The minimum absolute atomic E-state index is 0.0854. The molecule has 1 heteroatoms. The van der Waals surface area contributed by atoms with E-state index in [4.69, 9.17) is 0 Å². The Labute approximate surface area is 83.4 Å². The van der Waals surface area contributed by atoms with Gasteiger partial charge < -0.3 is 0 Å². The average molecular weight is 188 g/mol. The predicted octanol–water partition coefficient (Wildman–Crippen LogP) is 3.85. The Kier molecular flexibility index (Phi) is 2.24. The molecule has 0 bridgehead atoms. The topological polar surface area (TPSA) is 0 Å². The van der Waals surface area contributed by atoms with Crippen LogP contribution in [0.5, 0.6) is 0 Å². The molecule has 0 radical (unpaired) electrons. The van der Waals surface area contributed by atoms with Gasteiger partial charge in [-0.3, -0.25) is 0 Å². The second kappa shape index (κ2) is 3.41. The Morgan fingerprint density at radius 2 is 1.86 bits per heavy atom. The summed E-state index contributed by atoms with van der Waals surface area (Å²) in [4.78, 5) is 0. The monoisotopic (exact) mass is 188 g/mol. The van der Waals surface area contributed by atoms with Gasteiger partial charge >= 0.3 is 0 Å². The first-order valence-corrected chi connectivity index (χ1v) is 4.90. The lowest BCUT2D eigenvalue weighted by Crippen LogP contribution is -1.87. The van der Waals surface area contributed by atoms with Crippen LogP contribution in [0.3, 0.4) is 0 Å². The van der Waals surface area contributed by atoms with Gasteiger partial charge in [0.05, 0.1) is 0 Å². The molecule has 0 spiro atoms. The summed E-state index contributed by atoms with van der Waals surface area (Å²) in [5.41, 5.74) is 1.90. The molecule has 2 aromatic rings. The molecule has 72 valence electrons. The van der Waals surface area contributed by atoms with Gasteiger partial charge in [0.2, 0.25) is 0 Å². The van der Waals surface area contributed by atoms with Gasteiger partial charge in [-0.15, -0.1) is 0 Å². The number of aryl methyl sites for hydroxylation is 2. The quantitative estimate of drug-likeness (QED) is 0.637. The molecule has 0 aliphatic carbocycles. The summed E-state index contributed by atoms with van der Waals surface area (Å²) in [6.45, 7) is 3.88. The zero-order valence-corrected chi connectivity index (χ0v) is 8.47. The lowest BCUT2D eigenvalue weighted by Gasteiger charge is -2.04. The third kappa shape index (κ3) is 1.39. The van der Waals surface area contributed by atoms with Crippen molar-refractivity contribution in [2.45, 2.75) is 20.3 Å². The highest BCUT2D eigenvalue weighted by Gasteiger charge is 2.03. The second-order valence-corrected chi connectivity index (χ2v) is 3.61. The van der Waals surface area contributed by atoms with Crippen LogP contribution in [-0.4, -0.2) is 0 Å². The molecule has 0 N–H and O–H groups in total. The van der Waals surface area contributed by atoms with Gasteiger partial charge in [-0.05, 0) is 35.9 Å². The summed E-state index contributed by atoms with van der Waals surface area (Å²) in [6.07, 6.45) is 0.948. The van der Waals surface area contributed by atoms with E-state index in [1.54, 1.807) is 6.92 Å². The zero-order chi connectivity index (χ0) is 10.1. The summed E-state index contributed by atoms with van der Waals surface area (Å²) in [7, 11) is 0. The molecule has 0 aliphatic rings. The van der Waals surface area contributed by atoms with E-state index >= 15 is 0 Å². The highest BCUT2D eigenvalue weighted by molar-refractivity contribution is 5.84. The van der Waals surface area contributed by atoms with Crippen molar-refractivity contribution < 1.29 is 4.39 Å². The standard InChI is InChI=1S/C13H13F/c1-3-10-5-7-11-6-4-9(2)13(14)12(11)8-10/h4-8H,3H2,1-2H3. The first kappa shape index (κ1) is 9.20. The van der Waals surface area contributed by atoms with Gasteiger partial charge in [0, 0.05) is 5.39 Å². The highest BCUT2D eigenvalue weighted by Crippen LogP contribution is 2.22. The van der Waals surface area contributed by atoms with Crippen molar-refractivity contribution in [2.24, 2.45) is 0 Å². The van der Waals surface area contributed by atoms with E-state index in [2.05, 4.69) is 13.0 Å². The highest BCUT2D eigenvalue weighted by atomic mass is 19.1. The lowest BCUT2D eigenvalue weighted by atomic mass is 10.0. The zero-order valence-electron chi connectivity index (χ0n) is 8.47. The van der Waals surface area contributed by atoms with Crippen molar-refractivity contribution in [2.75, 3.05) is 0 Å². The van der Waals surface area contributed by atoms with E-state index in [0.29, 0.717) is 5.56 Å². The third-order valence-electron chi connectivity index (χ3n) is 2.62. The average Bonchev–Trinajstić information content (AvgIpc) is 2.23. The molecule has 0 fully saturated rings.